The summed E-state index contributed by atoms with van der Waals surface area (Å²) in [5.74, 6) is 0.517. The predicted octanol–water partition coefficient (Wildman–Crippen LogP) is 5.82. The van der Waals surface area contributed by atoms with Crippen LogP contribution >= 0.6 is 11.6 Å². The topological polar surface area (TPSA) is 97.5 Å². The van der Waals surface area contributed by atoms with E-state index in [0.29, 0.717) is 35.3 Å². The van der Waals surface area contributed by atoms with E-state index in [1.54, 1.807) is 12.1 Å². The number of rotatable bonds is 7. The van der Waals surface area contributed by atoms with Crippen LogP contribution in [-0.4, -0.2) is 33.4 Å². The Balaban J connectivity index is 1.48. The highest BCUT2D eigenvalue weighted by atomic mass is 35.5. The van der Waals surface area contributed by atoms with Crippen LogP contribution in [0, 0.1) is 12.8 Å². The van der Waals surface area contributed by atoms with Gasteiger partial charge in [-0.2, -0.15) is 4.98 Å². The molecule has 1 aliphatic carbocycles. The van der Waals surface area contributed by atoms with Gasteiger partial charge in [-0.25, -0.2) is 0 Å². The minimum atomic E-state index is -0.711. The van der Waals surface area contributed by atoms with Gasteiger partial charge in [0, 0.05) is 22.9 Å². The number of carbonyl (C=O) groups is 1. The van der Waals surface area contributed by atoms with Crippen LogP contribution in [0.5, 0.6) is 5.75 Å². The van der Waals surface area contributed by atoms with Crippen molar-refractivity contribution in [1.29, 1.82) is 0 Å². The summed E-state index contributed by atoms with van der Waals surface area (Å²) in [5.41, 5.74) is 3.54. The maximum absolute atomic E-state index is 11.2. The number of anilines is 1. The van der Waals surface area contributed by atoms with Gasteiger partial charge in [0.15, 0.2) is 0 Å². The smallest absolute Gasteiger partial charge is 0.306 e. The van der Waals surface area contributed by atoms with Crippen molar-refractivity contribution in [3.05, 3.63) is 47.0 Å². The molecular weight excluding hydrogens is 430 g/mol. The van der Waals surface area contributed by atoms with Gasteiger partial charge in [-0.3, -0.25) is 4.79 Å². The molecule has 0 bridgehead atoms. The molecule has 1 heterocycles. The lowest BCUT2D eigenvalue weighted by molar-refractivity contribution is -0.141. The number of benzene rings is 2. The fraction of sp³-hybridized carbons (Fsp3) is 0.375. The lowest BCUT2D eigenvalue weighted by Crippen LogP contribution is -2.17. The van der Waals surface area contributed by atoms with Crippen molar-refractivity contribution in [2.75, 3.05) is 5.32 Å². The number of aromatic nitrogens is 2. The minimum Gasteiger partial charge on any atom is -0.489 e. The van der Waals surface area contributed by atoms with Crippen molar-refractivity contribution in [2.45, 2.75) is 52.2 Å². The number of hydrogen-bond acceptors (Lipinski definition) is 6. The van der Waals surface area contributed by atoms with Gasteiger partial charge >= 0.3 is 5.97 Å². The lowest BCUT2D eigenvalue weighted by Gasteiger charge is -2.15. The zero-order chi connectivity index (χ0) is 22.8. The highest BCUT2D eigenvalue weighted by Crippen LogP contribution is 2.33. The molecule has 8 heteroatoms. The molecule has 0 aliphatic heterocycles. The predicted molar refractivity (Wildman–Crippen MR) is 123 cm³/mol. The lowest BCUT2D eigenvalue weighted by atomic mass is 10.1. The largest absolute Gasteiger partial charge is 0.489 e. The van der Waals surface area contributed by atoms with E-state index in [9.17, 15) is 9.90 Å². The van der Waals surface area contributed by atoms with Gasteiger partial charge in [-0.15, -0.1) is 0 Å². The molecule has 2 unspecified atom stereocenters. The van der Waals surface area contributed by atoms with Crippen LogP contribution in [0.1, 0.15) is 38.7 Å². The number of hydrogen-bond donors (Lipinski definition) is 2. The van der Waals surface area contributed by atoms with Crippen LogP contribution in [0.3, 0.4) is 0 Å². The number of nitrogens with zero attached hydrogens (tertiary/aromatic N) is 2. The third kappa shape index (κ3) is 4.88. The van der Waals surface area contributed by atoms with Crippen LogP contribution in [-0.2, 0) is 4.79 Å². The number of carboxylic acids is 1. The molecule has 168 valence electrons. The Hall–Kier alpha value is -3.06. The Bertz CT molecular complexity index is 1130. The van der Waals surface area contributed by atoms with Crippen LogP contribution in [0.15, 0.2) is 40.9 Å². The molecule has 3 aromatic rings. The first kappa shape index (κ1) is 22.1. The first-order valence-corrected chi connectivity index (χ1v) is 11.1. The maximum atomic E-state index is 11.2. The zero-order valence-electron chi connectivity index (χ0n) is 18.3. The number of nitrogens with one attached hydrogen (secondary N) is 1. The quantitative estimate of drug-likeness (QED) is 0.463. The second kappa shape index (κ2) is 9.20. The van der Waals surface area contributed by atoms with E-state index in [1.807, 2.05) is 45.0 Å². The summed E-state index contributed by atoms with van der Waals surface area (Å²) in [5, 5.41) is 17.3. The van der Waals surface area contributed by atoms with Gasteiger partial charge in [-0.1, -0.05) is 16.8 Å². The minimum absolute atomic E-state index is 0.0288. The fourth-order valence-corrected chi connectivity index (χ4v) is 4.24. The third-order valence-corrected chi connectivity index (χ3v) is 5.88. The molecule has 1 fully saturated rings. The molecule has 2 aromatic carbocycles. The van der Waals surface area contributed by atoms with E-state index in [-0.39, 0.29) is 18.1 Å². The second-order valence-corrected chi connectivity index (χ2v) is 8.86. The number of carboxylic acid groups (broad SMARTS) is 1. The highest BCUT2D eigenvalue weighted by molar-refractivity contribution is 6.32. The number of aliphatic carboxylic acids is 1. The van der Waals surface area contributed by atoms with Crippen molar-refractivity contribution in [3.8, 4) is 28.6 Å². The molecule has 4 rings (SSSR count). The number of halogens is 1. The summed E-state index contributed by atoms with van der Waals surface area (Å²) in [4.78, 5) is 15.7. The first-order chi connectivity index (χ1) is 15.3. The molecule has 2 atom stereocenters. The molecule has 2 N–H and O–H groups in total. The molecule has 0 saturated heterocycles. The van der Waals surface area contributed by atoms with Crippen molar-refractivity contribution in [1.82, 2.24) is 10.1 Å². The summed E-state index contributed by atoms with van der Waals surface area (Å²) < 4.78 is 11.1. The van der Waals surface area contributed by atoms with Crippen LogP contribution in [0.2, 0.25) is 5.02 Å². The highest BCUT2D eigenvalue weighted by Gasteiger charge is 2.29. The van der Waals surface area contributed by atoms with Crippen molar-refractivity contribution >= 4 is 23.3 Å². The Morgan fingerprint density at radius 2 is 2.06 bits per heavy atom. The van der Waals surface area contributed by atoms with Crippen LogP contribution in [0.25, 0.3) is 22.8 Å². The molecule has 32 heavy (non-hydrogen) atoms. The van der Waals surface area contributed by atoms with Gasteiger partial charge in [0.05, 0.1) is 17.0 Å². The second-order valence-electron chi connectivity index (χ2n) is 8.45. The average molecular weight is 456 g/mol. The summed E-state index contributed by atoms with van der Waals surface area (Å²) in [6, 6.07) is 11.5. The summed E-state index contributed by atoms with van der Waals surface area (Å²) in [6.07, 6.45) is 2.24. The van der Waals surface area contributed by atoms with E-state index >= 15 is 0 Å². The molecule has 0 radical (unpaired) electrons. The SMILES string of the molecule is Cc1cc(NC2CCC(C(=O)O)C2)ccc1-c1noc(-c2ccc(OC(C)C)c(Cl)c2)n1. The maximum Gasteiger partial charge on any atom is 0.306 e. The molecular formula is C24H26ClN3O4. The molecule has 1 aliphatic rings. The monoisotopic (exact) mass is 455 g/mol. The molecule has 0 amide bonds. The number of ether oxygens (including phenoxy) is 1. The fourth-order valence-electron chi connectivity index (χ4n) is 4.01. The van der Waals surface area contributed by atoms with E-state index < -0.39 is 5.97 Å². The molecule has 7 nitrogen and oxygen atoms in total. The van der Waals surface area contributed by atoms with E-state index in [4.69, 9.17) is 20.9 Å². The van der Waals surface area contributed by atoms with Gasteiger partial charge in [0.25, 0.3) is 5.89 Å². The van der Waals surface area contributed by atoms with Crippen LogP contribution < -0.4 is 10.1 Å². The summed E-state index contributed by atoms with van der Waals surface area (Å²) >= 11 is 6.33. The Kier molecular flexibility index (Phi) is 6.37. The third-order valence-electron chi connectivity index (χ3n) is 5.59. The van der Waals surface area contributed by atoms with Crippen molar-refractivity contribution in [3.63, 3.8) is 0 Å². The van der Waals surface area contributed by atoms with Crippen LogP contribution in [0.4, 0.5) is 5.69 Å². The van der Waals surface area contributed by atoms with E-state index in [0.717, 1.165) is 28.8 Å². The average Bonchev–Trinajstić information content (AvgIpc) is 3.39. The van der Waals surface area contributed by atoms with E-state index in [2.05, 4.69) is 15.5 Å². The summed E-state index contributed by atoms with van der Waals surface area (Å²) in [7, 11) is 0. The normalized spacial score (nSPS) is 18.2. The Labute approximate surface area is 191 Å². The van der Waals surface area contributed by atoms with Crippen molar-refractivity contribution in [2.24, 2.45) is 5.92 Å². The Morgan fingerprint density at radius 1 is 1.25 bits per heavy atom. The number of aryl methyl sites for hydroxylation is 1. The van der Waals surface area contributed by atoms with Gasteiger partial charge in [0.2, 0.25) is 5.82 Å². The van der Waals surface area contributed by atoms with Crippen molar-refractivity contribution < 1.29 is 19.2 Å². The molecule has 1 aromatic heterocycles. The molecule has 1 saturated carbocycles. The van der Waals surface area contributed by atoms with Gasteiger partial charge in [0.1, 0.15) is 5.75 Å². The first-order valence-electron chi connectivity index (χ1n) is 10.7. The summed E-state index contributed by atoms with van der Waals surface area (Å²) in [6.45, 7) is 5.87. The van der Waals surface area contributed by atoms with E-state index in [1.165, 1.54) is 0 Å². The zero-order valence-corrected chi connectivity index (χ0v) is 19.0. The standard InChI is InChI=1S/C24H26ClN3O4/c1-13(2)31-21-9-5-15(12-20(21)25)23-27-22(28-32-23)19-8-7-17(10-14(19)3)26-18-6-4-16(11-18)24(29)30/h5,7-10,12-13,16,18,26H,4,6,11H2,1-3H3,(H,29,30). The van der Waals surface area contributed by atoms with Gasteiger partial charge < -0.3 is 19.7 Å². The van der Waals surface area contributed by atoms with Gasteiger partial charge in [-0.05, 0) is 82.0 Å². The Morgan fingerprint density at radius 3 is 2.72 bits per heavy atom. The molecule has 0 spiro atoms.